The number of hydrogen-bond donors (Lipinski definition) is 0. The summed E-state index contributed by atoms with van der Waals surface area (Å²) in [6.07, 6.45) is 4.79. The van der Waals surface area contributed by atoms with E-state index in [2.05, 4.69) is 77.6 Å². The fourth-order valence-corrected chi connectivity index (χ4v) is 4.17. The molecule has 0 amide bonds. The zero-order valence-electron chi connectivity index (χ0n) is 18.0. The van der Waals surface area contributed by atoms with Gasteiger partial charge in [0.25, 0.3) is 0 Å². The van der Waals surface area contributed by atoms with Gasteiger partial charge in [-0.15, -0.1) is 0 Å². The molecule has 144 valence electrons. The SMILES string of the molecule is Cc1cnc2c(c1)Cc1cc(C)cnc1N2c1c(C)cc(C(C)(C)C)cc1C. The summed E-state index contributed by atoms with van der Waals surface area (Å²) in [6, 6.07) is 9.15. The third-order valence-corrected chi connectivity index (χ3v) is 5.54. The van der Waals surface area contributed by atoms with Gasteiger partial charge in [0.2, 0.25) is 0 Å². The number of aromatic nitrogens is 2. The predicted octanol–water partition coefficient (Wildman–Crippen LogP) is 6.38. The molecule has 28 heavy (non-hydrogen) atoms. The Bertz CT molecular complexity index is 999. The molecule has 0 aliphatic carbocycles. The van der Waals surface area contributed by atoms with Crippen LogP contribution in [0.4, 0.5) is 17.3 Å². The topological polar surface area (TPSA) is 29.0 Å². The maximum atomic E-state index is 4.84. The van der Waals surface area contributed by atoms with Gasteiger partial charge in [0.15, 0.2) is 0 Å². The zero-order chi connectivity index (χ0) is 20.2. The van der Waals surface area contributed by atoms with Gasteiger partial charge in [0.1, 0.15) is 11.6 Å². The Hall–Kier alpha value is -2.68. The van der Waals surface area contributed by atoms with E-state index in [0.717, 1.165) is 18.1 Å². The molecule has 1 aliphatic heterocycles. The normalized spacial score (nSPS) is 13.3. The Kier molecular flexibility index (Phi) is 4.29. The summed E-state index contributed by atoms with van der Waals surface area (Å²) >= 11 is 0. The van der Waals surface area contributed by atoms with Crippen molar-refractivity contribution in [3.8, 4) is 0 Å². The molecular formula is C25H29N3. The van der Waals surface area contributed by atoms with Crippen LogP contribution < -0.4 is 4.90 Å². The van der Waals surface area contributed by atoms with Crippen LogP contribution in [0.15, 0.2) is 36.7 Å². The molecule has 0 saturated carbocycles. The zero-order valence-corrected chi connectivity index (χ0v) is 18.0. The van der Waals surface area contributed by atoms with Crippen LogP contribution in [0.25, 0.3) is 0 Å². The Balaban J connectivity index is 1.98. The number of benzene rings is 1. The Labute approximate surface area is 168 Å². The maximum absolute atomic E-state index is 4.84. The summed E-state index contributed by atoms with van der Waals surface area (Å²) in [5.41, 5.74) is 10.1. The molecule has 0 unspecified atom stereocenters. The second kappa shape index (κ2) is 6.44. The van der Waals surface area contributed by atoms with E-state index in [0.29, 0.717) is 0 Å². The van der Waals surface area contributed by atoms with Gasteiger partial charge >= 0.3 is 0 Å². The van der Waals surface area contributed by atoms with Gasteiger partial charge in [-0.2, -0.15) is 0 Å². The molecule has 3 heterocycles. The average Bonchev–Trinajstić information content (AvgIpc) is 2.59. The minimum atomic E-state index is 0.122. The van der Waals surface area contributed by atoms with Gasteiger partial charge in [-0.05, 0) is 60.9 Å². The number of nitrogens with zero attached hydrogens (tertiary/aromatic N) is 3. The first kappa shape index (κ1) is 18.7. The van der Waals surface area contributed by atoms with E-state index < -0.39 is 0 Å². The quantitative estimate of drug-likeness (QED) is 0.389. The number of rotatable bonds is 1. The third kappa shape index (κ3) is 3.09. The number of aryl methyl sites for hydroxylation is 4. The Morgan fingerprint density at radius 1 is 0.750 bits per heavy atom. The van der Waals surface area contributed by atoms with E-state index in [1.54, 1.807) is 0 Å². The van der Waals surface area contributed by atoms with E-state index in [-0.39, 0.29) is 5.41 Å². The van der Waals surface area contributed by atoms with Crippen molar-refractivity contribution in [1.82, 2.24) is 9.97 Å². The summed E-state index contributed by atoms with van der Waals surface area (Å²) in [6.45, 7) is 15.4. The number of hydrogen-bond acceptors (Lipinski definition) is 3. The molecule has 4 rings (SSSR count). The van der Waals surface area contributed by atoms with Crippen molar-refractivity contribution in [1.29, 1.82) is 0 Å². The molecule has 3 nitrogen and oxygen atoms in total. The molecule has 0 radical (unpaired) electrons. The molecule has 3 aromatic rings. The number of pyridine rings is 2. The van der Waals surface area contributed by atoms with Gasteiger partial charge < -0.3 is 0 Å². The van der Waals surface area contributed by atoms with Gasteiger partial charge in [-0.3, -0.25) is 4.90 Å². The summed E-state index contributed by atoms with van der Waals surface area (Å²) < 4.78 is 0. The summed E-state index contributed by atoms with van der Waals surface area (Å²) in [4.78, 5) is 11.9. The first-order valence-corrected chi connectivity index (χ1v) is 9.98. The lowest BCUT2D eigenvalue weighted by molar-refractivity contribution is 0.589. The molecule has 2 aromatic heterocycles. The van der Waals surface area contributed by atoms with E-state index in [4.69, 9.17) is 9.97 Å². The highest BCUT2D eigenvalue weighted by Gasteiger charge is 2.29. The second-order valence-corrected chi connectivity index (χ2v) is 9.21. The fourth-order valence-electron chi connectivity index (χ4n) is 4.17. The lowest BCUT2D eigenvalue weighted by atomic mass is 9.84. The average molecular weight is 372 g/mol. The standard InChI is InChI=1S/C25H29N3/c1-15-8-19-12-20-9-16(2)14-27-24(20)28(23(19)26-13-15)22-17(3)10-21(11-18(22)4)25(5,6)7/h8-11,13-14H,12H2,1-7H3. The van der Waals surface area contributed by atoms with E-state index in [9.17, 15) is 0 Å². The van der Waals surface area contributed by atoms with E-state index in [1.165, 1.54) is 44.6 Å². The fraction of sp³-hybridized carbons (Fsp3) is 0.360. The molecule has 0 spiro atoms. The van der Waals surface area contributed by atoms with Crippen LogP contribution in [0.1, 0.15) is 59.7 Å². The molecule has 0 saturated heterocycles. The van der Waals surface area contributed by atoms with E-state index in [1.807, 2.05) is 12.4 Å². The van der Waals surface area contributed by atoms with Gasteiger partial charge in [0, 0.05) is 29.9 Å². The van der Waals surface area contributed by atoms with E-state index >= 15 is 0 Å². The van der Waals surface area contributed by atoms with Gasteiger partial charge in [-0.1, -0.05) is 45.0 Å². The van der Waals surface area contributed by atoms with Gasteiger partial charge in [0.05, 0.1) is 5.69 Å². The largest absolute Gasteiger partial charge is 0.278 e. The molecule has 1 aromatic carbocycles. The van der Waals surface area contributed by atoms with Crippen LogP contribution in [0.5, 0.6) is 0 Å². The highest BCUT2D eigenvalue weighted by atomic mass is 15.3. The van der Waals surface area contributed by atoms with Crippen molar-refractivity contribution in [2.45, 2.75) is 60.3 Å². The Morgan fingerprint density at radius 3 is 1.64 bits per heavy atom. The third-order valence-electron chi connectivity index (χ3n) is 5.54. The Morgan fingerprint density at radius 2 is 1.21 bits per heavy atom. The van der Waals surface area contributed by atoms with Crippen LogP contribution in [-0.2, 0) is 11.8 Å². The smallest absolute Gasteiger partial charge is 0.142 e. The van der Waals surface area contributed by atoms with Crippen LogP contribution in [-0.4, -0.2) is 9.97 Å². The molecular weight excluding hydrogens is 342 g/mol. The number of fused-ring (bicyclic) bond motifs is 2. The lowest BCUT2D eigenvalue weighted by Gasteiger charge is -2.34. The minimum absolute atomic E-state index is 0.122. The molecule has 0 fully saturated rings. The minimum Gasteiger partial charge on any atom is -0.278 e. The molecule has 0 N–H and O–H groups in total. The van der Waals surface area contributed by atoms with Crippen molar-refractivity contribution in [3.05, 3.63) is 75.6 Å². The summed E-state index contributed by atoms with van der Waals surface area (Å²) in [5.74, 6) is 2.01. The first-order valence-electron chi connectivity index (χ1n) is 9.98. The highest BCUT2D eigenvalue weighted by Crippen LogP contribution is 2.45. The van der Waals surface area contributed by atoms with Crippen molar-refractivity contribution < 1.29 is 0 Å². The summed E-state index contributed by atoms with van der Waals surface area (Å²) in [5, 5.41) is 0. The molecule has 3 heteroatoms. The van der Waals surface area contributed by atoms with Crippen LogP contribution >= 0.6 is 0 Å². The van der Waals surface area contributed by atoms with Gasteiger partial charge in [-0.25, -0.2) is 9.97 Å². The highest BCUT2D eigenvalue weighted by molar-refractivity contribution is 5.82. The predicted molar refractivity (Wildman–Crippen MR) is 117 cm³/mol. The monoisotopic (exact) mass is 371 g/mol. The second-order valence-electron chi connectivity index (χ2n) is 9.21. The van der Waals surface area contributed by atoms with Crippen LogP contribution in [0, 0.1) is 27.7 Å². The lowest BCUT2D eigenvalue weighted by Crippen LogP contribution is -2.23. The summed E-state index contributed by atoms with van der Waals surface area (Å²) in [7, 11) is 0. The van der Waals surface area contributed by atoms with Crippen LogP contribution in [0.2, 0.25) is 0 Å². The first-order chi connectivity index (χ1) is 13.1. The van der Waals surface area contributed by atoms with Crippen molar-refractivity contribution in [3.63, 3.8) is 0 Å². The maximum Gasteiger partial charge on any atom is 0.142 e. The molecule has 0 bridgehead atoms. The van der Waals surface area contributed by atoms with Crippen molar-refractivity contribution >= 4 is 17.3 Å². The van der Waals surface area contributed by atoms with Crippen molar-refractivity contribution in [2.24, 2.45) is 0 Å². The van der Waals surface area contributed by atoms with Crippen molar-refractivity contribution in [2.75, 3.05) is 4.90 Å². The van der Waals surface area contributed by atoms with Crippen LogP contribution in [0.3, 0.4) is 0 Å². The number of anilines is 3. The molecule has 1 aliphatic rings. The molecule has 0 atom stereocenters.